The molecule has 25 heavy (non-hydrogen) atoms. The Morgan fingerprint density at radius 1 is 1.04 bits per heavy atom. The molecule has 0 saturated heterocycles. The van der Waals surface area contributed by atoms with Gasteiger partial charge in [0, 0.05) is 6.42 Å². The summed E-state index contributed by atoms with van der Waals surface area (Å²) in [4.78, 5) is 56.2. The fraction of sp³-hybridized carbons (Fsp3) is 0.615. The third kappa shape index (κ3) is 8.62. The van der Waals surface area contributed by atoms with E-state index < -0.39 is 60.3 Å². The van der Waals surface area contributed by atoms with E-state index in [1.165, 1.54) is 0 Å². The summed E-state index contributed by atoms with van der Waals surface area (Å²) >= 11 is 0. The largest absolute Gasteiger partial charge is 0.481 e. The second-order valence-electron chi connectivity index (χ2n) is 5.34. The smallest absolute Gasteiger partial charge is 0.326 e. The molecule has 0 unspecified atom stereocenters. The molecule has 0 aromatic carbocycles. The number of hydrogen-bond donors (Lipinski definition) is 7. The highest BCUT2D eigenvalue weighted by Crippen LogP contribution is 2.01. The summed E-state index contributed by atoms with van der Waals surface area (Å²) in [6, 6.07) is -4.50. The van der Waals surface area contributed by atoms with Gasteiger partial charge >= 0.3 is 11.9 Å². The number of carbonyl (C=O) groups excluding carboxylic acids is 3. The van der Waals surface area contributed by atoms with Crippen LogP contribution in [0, 0.1) is 0 Å². The number of carbonyl (C=O) groups is 5. The van der Waals surface area contributed by atoms with Crippen LogP contribution in [0.15, 0.2) is 0 Å². The van der Waals surface area contributed by atoms with E-state index in [9.17, 15) is 29.1 Å². The van der Waals surface area contributed by atoms with Crippen molar-refractivity contribution in [2.24, 2.45) is 11.5 Å². The minimum absolute atomic E-state index is 0.0912. The summed E-state index contributed by atoms with van der Waals surface area (Å²) in [6.07, 6.45) is -2.57. The van der Waals surface area contributed by atoms with Gasteiger partial charge in [-0.25, -0.2) is 4.79 Å². The number of carboxylic acids is 2. The summed E-state index contributed by atoms with van der Waals surface area (Å²) < 4.78 is 0. The van der Waals surface area contributed by atoms with Crippen molar-refractivity contribution in [1.29, 1.82) is 0 Å². The normalized spacial score (nSPS) is 15.3. The van der Waals surface area contributed by atoms with E-state index in [-0.39, 0.29) is 12.8 Å². The van der Waals surface area contributed by atoms with Gasteiger partial charge in [-0.3, -0.25) is 19.2 Å². The van der Waals surface area contributed by atoms with Crippen molar-refractivity contribution in [3.05, 3.63) is 0 Å². The Kier molecular flexibility index (Phi) is 9.09. The Morgan fingerprint density at radius 2 is 1.60 bits per heavy atom. The molecule has 0 radical (unpaired) electrons. The third-order valence-electron chi connectivity index (χ3n) is 3.09. The molecule has 12 heteroatoms. The first kappa shape index (κ1) is 22.3. The number of rotatable bonds is 11. The second kappa shape index (κ2) is 10.2. The highest BCUT2D eigenvalue weighted by atomic mass is 16.4. The minimum atomic E-state index is -1.74. The van der Waals surface area contributed by atoms with Gasteiger partial charge in [-0.1, -0.05) is 0 Å². The molecule has 0 aromatic heterocycles. The highest BCUT2D eigenvalue weighted by molar-refractivity contribution is 5.93. The molecule has 0 aliphatic carbocycles. The van der Waals surface area contributed by atoms with Crippen molar-refractivity contribution in [3.8, 4) is 0 Å². The number of primary amides is 1. The van der Waals surface area contributed by atoms with Crippen molar-refractivity contribution in [2.45, 2.75) is 50.4 Å². The molecule has 0 rings (SSSR count). The average molecular weight is 362 g/mol. The zero-order valence-electron chi connectivity index (χ0n) is 13.5. The molecular formula is C13H22N4O8. The van der Waals surface area contributed by atoms with E-state index in [0.29, 0.717) is 0 Å². The van der Waals surface area contributed by atoms with Gasteiger partial charge in [0.25, 0.3) is 0 Å². The highest BCUT2D eigenvalue weighted by Gasteiger charge is 2.31. The van der Waals surface area contributed by atoms with Crippen LogP contribution >= 0.6 is 0 Å². The van der Waals surface area contributed by atoms with E-state index in [0.717, 1.165) is 6.92 Å². The molecule has 0 aromatic rings. The van der Waals surface area contributed by atoms with Crippen LogP contribution in [0.25, 0.3) is 0 Å². The van der Waals surface area contributed by atoms with Crippen LogP contribution in [0.1, 0.15) is 26.2 Å². The zero-order chi connectivity index (χ0) is 19.7. The number of hydrogen-bond acceptors (Lipinski definition) is 7. The molecule has 0 bridgehead atoms. The predicted molar refractivity (Wildman–Crippen MR) is 81.8 cm³/mol. The molecule has 4 atom stereocenters. The van der Waals surface area contributed by atoms with Crippen LogP contribution in [-0.2, 0) is 24.0 Å². The number of nitrogens with one attached hydrogen (secondary N) is 2. The molecule has 0 heterocycles. The van der Waals surface area contributed by atoms with Crippen molar-refractivity contribution in [1.82, 2.24) is 10.6 Å². The topological polar surface area (TPSA) is 222 Å². The lowest BCUT2D eigenvalue weighted by Gasteiger charge is -2.24. The third-order valence-corrected chi connectivity index (χ3v) is 3.09. The maximum Gasteiger partial charge on any atom is 0.326 e. The number of nitrogens with two attached hydrogens (primary N) is 2. The second-order valence-corrected chi connectivity index (χ2v) is 5.34. The van der Waals surface area contributed by atoms with Gasteiger partial charge in [0.2, 0.25) is 17.7 Å². The van der Waals surface area contributed by atoms with Gasteiger partial charge < -0.3 is 37.4 Å². The van der Waals surface area contributed by atoms with Gasteiger partial charge in [-0.15, -0.1) is 0 Å². The molecule has 0 spiro atoms. The van der Waals surface area contributed by atoms with Crippen LogP contribution < -0.4 is 22.1 Å². The molecule has 142 valence electrons. The van der Waals surface area contributed by atoms with Gasteiger partial charge in [0.15, 0.2) is 0 Å². The Balaban J connectivity index is 4.94. The van der Waals surface area contributed by atoms with Crippen molar-refractivity contribution < 1.29 is 39.3 Å². The Hall–Kier alpha value is -2.73. The van der Waals surface area contributed by atoms with Gasteiger partial charge in [-0.05, 0) is 13.3 Å². The van der Waals surface area contributed by atoms with Gasteiger partial charge in [-0.2, -0.15) is 0 Å². The van der Waals surface area contributed by atoms with Gasteiger partial charge in [0.05, 0.1) is 18.6 Å². The van der Waals surface area contributed by atoms with Crippen LogP contribution in [-0.4, -0.2) is 69.2 Å². The number of amides is 3. The zero-order valence-corrected chi connectivity index (χ0v) is 13.5. The van der Waals surface area contributed by atoms with Crippen molar-refractivity contribution in [3.63, 3.8) is 0 Å². The average Bonchev–Trinajstić information content (AvgIpc) is 2.47. The first-order valence-corrected chi connectivity index (χ1v) is 7.23. The molecule has 0 fully saturated rings. The summed E-state index contributed by atoms with van der Waals surface area (Å²) in [5.41, 5.74) is 10.5. The Morgan fingerprint density at radius 3 is 2.00 bits per heavy atom. The Labute approximate surface area is 142 Å². The predicted octanol–water partition coefficient (Wildman–Crippen LogP) is -3.51. The van der Waals surface area contributed by atoms with Crippen molar-refractivity contribution >= 4 is 29.7 Å². The summed E-state index contributed by atoms with van der Waals surface area (Å²) in [6.45, 7) is 1.16. The molecule has 0 aliphatic heterocycles. The van der Waals surface area contributed by atoms with Crippen molar-refractivity contribution in [2.75, 3.05) is 0 Å². The van der Waals surface area contributed by atoms with E-state index in [4.69, 9.17) is 21.7 Å². The molecule has 3 amide bonds. The van der Waals surface area contributed by atoms with Crippen LogP contribution in [0.3, 0.4) is 0 Å². The monoisotopic (exact) mass is 362 g/mol. The molecule has 0 aliphatic rings. The molecule has 12 nitrogen and oxygen atoms in total. The SMILES string of the molecule is C[C@@H](O)[C@H](NC(=O)[C@@H](N)CCC(N)=O)C(=O)N[C@@H](CC(=O)O)C(=O)O. The number of aliphatic hydroxyl groups excluding tert-OH is 1. The maximum atomic E-state index is 12.0. The first-order valence-electron chi connectivity index (χ1n) is 7.23. The fourth-order valence-electron chi connectivity index (χ4n) is 1.73. The van der Waals surface area contributed by atoms with E-state index in [1.54, 1.807) is 0 Å². The van der Waals surface area contributed by atoms with E-state index >= 15 is 0 Å². The lowest BCUT2D eigenvalue weighted by molar-refractivity contribution is -0.147. The quantitative estimate of drug-likeness (QED) is 0.193. The molecule has 9 N–H and O–H groups in total. The summed E-state index contributed by atoms with van der Waals surface area (Å²) in [7, 11) is 0. The van der Waals surface area contributed by atoms with Crippen LogP contribution in [0.5, 0.6) is 0 Å². The lowest BCUT2D eigenvalue weighted by atomic mass is 10.1. The summed E-state index contributed by atoms with van der Waals surface area (Å²) in [5, 5.41) is 31.2. The lowest BCUT2D eigenvalue weighted by Crippen LogP contribution is -2.58. The fourth-order valence-corrected chi connectivity index (χ4v) is 1.73. The van der Waals surface area contributed by atoms with Crippen LogP contribution in [0.2, 0.25) is 0 Å². The molecular weight excluding hydrogens is 340 g/mol. The van der Waals surface area contributed by atoms with Crippen LogP contribution in [0.4, 0.5) is 0 Å². The first-order chi connectivity index (χ1) is 11.5. The maximum absolute atomic E-state index is 12.0. The number of carboxylic acid groups (broad SMARTS) is 2. The molecule has 0 saturated carbocycles. The summed E-state index contributed by atoms with van der Waals surface area (Å²) in [5.74, 6) is -5.69. The van der Waals surface area contributed by atoms with E-state index in [1.807, 2.05) is 5.32 Å². The van der Waals surface area contributed by atoms with E-state index in [2.05, 4.69) is 5.32 Å². The minimum Gasteiger partial charge on any atom is -0.481 e. The number of aliphatic hydroxyl groups is 1. The number of aliphatic carboxylic acids is 2. The standard InChI is InChI=1S/C13H22N4O8/c1-5(18)10(17-11(22)6(14)2-3-8(15)19)12(23)16-7(13(24)25)4-9(20)21/h5-7,10,18H,2-4,14H2,1H3,(H2,15,19)(H,16,23)(H,17,22)(H,20,21)(H,24,25)/t5-,6+,7+,10+/m1/s1. The van der Waals surface area contributed by atoms with Gasteiger partial charge in [0.1, 0.15) is 12.1 Å². The Bertz CT molecular complexity index is 536.